The second-order valence-electron chi connectivity index (χ2n) is 4.01. The van der Waals surface area contributed by atoms with E-state index in [2.05, 4.69) is 5.32 Å². The number of benzene rings is 1. The zero-order valence-electron chi connectivity index (χ0n) is 10.8. The van der Waals surface area contributed by atoms with Crippen LogP contribution in [-0.2, 0) is 15.7 Å². The van der Waals surface area contributed by atoms with Crippen LogP contribution in [0.3, 0.4) is 0 Å². The van der Waals surface area contributed by atoms with Gasteiger partial charge in [-0.3, -0.25) is 4.79 Å². The lowest BCUT2D eigenvalue weighted by atomic mass is 10.1. The molecule has 0 atom stereocenters. The Balaban J connectivity index is 2.83. The van der Waals surface area contributed by atoms with Crippen LogP contribution in [-0.4, -0.2) is 19.6 Å². The van der Waals surface area contributed by atoms with Crippen LogP contribution in [0.25, 0.3) is 0 Å². The Kier molecular flexibility index (Phi) is 5.53. The summed E-state index contributed by atoms with van der Waals surface area (Å²) >= 11 is 0. The number of nitrogens with zero attached hydrogens (tertiary/aromatic N) is 1. The summed E-state index contributed by atoms with van der Waals surface area (Å²) in [5.74, 6) is -0.403. The number of hydrogen-bond donors (Lipinski definition) is 1. The van der Waals surface area contributed by atoms with Crippen LogP contribution in [0, 0.1) is 11.3 Å². The van der Waals surface area contributed by atoms with Crippen LogP contribution in [0.1, 0.15) is 24.0 Å². The number of anilines is 1. The molecule has 0 heterocycles. The standard InChI is InChI=1S/C13H13F3N2O2/c1-20-6-2-3-12(19)18-10-5-4-9(8-17)11(7-10)13(14,15)16/h4-5,7H,2-3,6H2,1H3,(H,18,19). The second-order valence-corrected chi connectivity index (χ2v) is 4.01. The quantitative estimate of drug-likeness (QED) is 0.846. The lowest BCUT2D eigenvalue weighted by Crippen LogP contribution is -2.14. The molecule has 1 aromatic carbocycles. The minimum atomic E-state index is -4.64. The average Bonchev–Trinajstić information content (AvgIpc) is 2.38. The van der Waals surface area contributed by atoms with Gasteiger partial charge in [0.2, 0.25) is 5.91 Å². The van der Waals surface area contributed by atoms with Gasteiger partial charge in [0, 0.05) is 25.8 Å². The van der Waals surface area contributed by atoms with Crippen molar-refractivity contribution >= 4 is 11.6 Å². The average molecular weight is 286 g/mol. The lowest BCUT2D eigenvalue weighted by molar-refractivity contribution is -0.137. The molecule has 0 unspecified atom stereocenters. The van der Waals surface area contributed by atoms with E-state index in [0.29, 0.717) is 13.0 Å². The van der Waals surface area contributed by atoms with E-state index in [1.54, 1.807) is 0 Å². The molecule has 0 saturated heterocycles. The van der Waals surface area contributed by atoms with Gasteiger partial charge in [-0.05, 0) is 24.6 Å². The summed E-state index contributed by atoms with van der Waals surface area (Å²) in [4.78, 5) is 11.5. The van der Waals surface area contributed by atoms with Gasteiger partial charge >= 0.3 is 6.18 Å². The summed E-state index contributed by atoms with van der Waals surface area (Å²) < 4.78 is 42.9. The number of methoxy groups -OCH3 is 1. The topological polar surface area (TPSA) is 62.1 Å². The molecule has 20 heavy (non-hydrogen) atoms. The Morgan fingerprint density at radius 3 is 2.70 bits per heavy atom. The first-order valence-electron chi connectivity index (χ1n) is 5.78. The smallest absolute Gasteiger partial charge is 0.385 e. The molecule has 4 nitrogen and oxygen atoms in total. The molecular formula is C13H13F3N2O2. The zero-order valence-corrected chi connectivity index (χ0v) is 10.8. The zero-order chi connectivity index (χ0) is 15.2. The minimum absolute atomic E-state index is 0.0127. The van der Waals surface area contributed by atoms with Crippen LogP contribution < -0.4 is 5.32 Å². The van der Waals surface area contributed by atoms with E-state index in [0.717, 1.165) is 12.1 Å². The largest absolute Gasteiger partial charge is 0.417 e. The second kappa shape index (κ2) is 6.91. The number of carbonyl (C=O) groups excluding carboxylic acids is 1. The Morgan fingerprint density at radius 2 is 2.15 bits per heavy atom. The number of halogens is 3. The number of ether oxygens (including phenoxy) is 1. The van der Waals surface area contributed by atoms with E-state index in [-0.39, 0.29) is 12.1 Å². The number of alkyl halides is 3. The number of hydrogen-bond acceptors (Lipinski definition) is 3. The fourth-order valence-corrected chi connectivity index (χ4v) is 1.55. The molecule has 1 amide bonds. The van der Waals surface area contributed by atoms with Gasteiger partial charge in [-0.2, -0.15) is 18.4 Å². The van der Waals surface area contributed by atoms with E-state index in [1.807, 2.05) is 0 Å². The highest BCUT2D eigenvalue weighted by atomic mass is 19.4. The van der Waals surface area contributed by atoms with Gasteiger partial charge in [0.25, 0.3) is 0 Å². The first kappa shape index (κ1) is 16.0. The van der Waals surface area contributed by atoms with Gasteiger partial charge in [0.1, 0.15) is 0 Å². The molecule has 0 aliphatic carbocycles. The summed E-state index contributed by atoms with van der Waals surface area (Å²) in [5, 5.41) is 11.0. The monoisotopic (exact) mass is 286 g/mol. The van der Waals surface area contributed by atoms with Crippen LogP contribution >= 0.6 is 0 Å². The summed E-state index contributed by atoms with van der Waals surface area (Å²) in [6, 6.07) is 4.53. The minimum Gasteiger partial charge on any atom is -0.385 e. The third-order valence-electron chi connectivity index (χ3n) is 2.48. The predicted octanol–water partition coefficient (Wildman–Crippen LogP) is 2.94. The van der Waals surface area contributed by atoms with Crippen molar-refractivity contribution in [2.45, 2.75) is 19.0 Å². The maximum Gasteiger partial charge on any atom is 0.417 e. The van der Waals surface area contributed by atoms with Crippen molar-refractivity contribution in [3.05, 3.63) is 29.3 Å². The Bertz CT molecular complexity index is 521. The molecule has 0 fully saturated rings. The lowest BCUT2D eigenvalue weighted by Gasteiger charge is -2.11. The first-order chi connectivity index (χ1) is 9.38. The number of amides is 1. The fraction of sp³-hybridized carbons (Fsp3) is 0.385. The molecule has 7 heteroatoms. The Morgan fingerprint density at radius 1 is 1.45 bits per heavy atom. The highest BCUT2D eigenvalue weighted by Crippen LogP contribution is 2.33. The summed E-state index contributed by atoms with van der Waals surface area (Å²) in [7, 11) is 1.49. The molecule has 1 aromatic rings. The van der Waals surface area contributed by atoms with Gasteiger partial charge in [0.05, 0.1) is 17.2 Å². The van der Waals surface area contributed by atoms with E-state index < -0.39 is 23.2 Å². The summed E-state index contributed by atoms with van der Waals surface area (Å²) in [5.41, 5.74) is -1.52. The molecule has 0 radical (unpaired) electrons. The van der Waals surface area contributed by atoms with Gasteiger partial charge in [0.15, 0.2) is 0 Å². The number of rotatable bonds is 5. The van der Waals surface area contributed by atoms with Gasteiger partial charge in [-0.1, -0.05) is 0 Å². The predicted molar refractivity (Wildman–Crippen MR) is 65.9 cm³/mol. The maximum absolute atomic E-state index is 12.7. The SMILES string of the molecule is COCCCC(=O)Nc1ccc(C#N)c(C(F)(F)F)c1. The van der Waals surface area contributed by atoms with Crippen molar-refractivity contribution in [3.63, 3.8) is 0 Å². The molecule has 1 N–H and O–H groups in total. The van der Waals surface area contributed by atoms with Crippen molar-refractivity contribution in [1.29, 1.82) is 5.26 Å². The van der Waals surface area contributed by atoms with Crippen LogP contribution in [0.5, 0.6) is 0 Å². The van der Waals surface area contributed by atoms with Crippen molar-refractivity contribution in [1.82, 2.24) is 0 Å². The molecule has 0 aliphatic heterocycles. The van der Waals surface area contributed by atoms with Crippen LogP contribution in [0.2, 0.25) is 0 Å². The highest BCUT2D eigenvalue weighted by molar-refractivity contribution is 5.90. The number of nitrogens with one attached hydrogen (secondary N) is 1. The first-order valence-corrected chi connectivity index (χ1v) is 5.78. The van der Waals surface area contributed by atoms with Crippen molar-refractivity contribution in [2.24, 2.45) is 0 Å². The Labute approximate surface area is 114 Å². The molecule has 0 spiro atoms. The highest BCUT2D eigenvalue weighted by Gasteiger charge is 2.33. The number of carbonyl (C=O) groups is 1. The number of nitriles is 1. The van der Waals surface area contributed by atoms with E-state index in [4.69, 9.17) is 10.00 Å². The van der Waals surface area contributed by atoms with E-state index in [9.17, 15) is 18.0 Å². The van der Waals surface area contributed by atoms with E-state index in [1.165, 1.54) is 19.2 Å². The molecule has 0 bridgehead atoms. The third kappa shape index (κ3) is 4.55. The summed E-state index contributed by atoms with van der Waals surface area (Å²) in [6.45, 7) is 0.397. The van der Waals surface area contributed by atoms with Crippen LogP contribution in [0.4, 0.5) is 18.9 Å². The Hall–Kier alpha value is -2.07. The molecule has 0 aliphatic rings. The van der Waals surface area contributed by atoms with Crippen molar-refractivity contribution < 1.29 is 22.7 Å². The molecule has 0 aromatic heterocycles. The fourth-order valence-electron chi connectivity index (χ4n) is 1.55. The molecule has 0 saturated carbocycles. The van der Waals surface area contributed by atoms with Gasteiger partial charge in [-0.15, -0.1) is 0 Å². The molecular weight excluding hydrogens is 273 g/mol. The van der Waals surface area contributed by atoms with Crippen molar-refractivity contribution in [3.8, 4) is 6.07 Å². The van der Waals surface area contributed by atoms with Crippen LogP contribution in [0.15, 0.2) is 18.2 Å². The van der Waals surface area contributed by atoms with Crippen molar-refractivity contribution in [2.75, 3.05) is 19.0 Å². The molecule has 1 rings (SSSR count). The van der Waals surface area contributed by atoms with E-state index >= 15 is 0 Å². The molecule has 108 valence electrons. The maximum atomic E-state index is 12.7. The third-order valence-corrected chi connectivity index (χ3v) is 2.48. The van der Waals surface area contributed by atoms with Gasteiger partial charge in [-0.25, -0.2) is 0 Å². The normalized spacial score (nSPS) is 10.9. The van der Waals surface area contributed by atoms with Gasteiger partial charge < -0.3 is 10.1 Å². The summed E-state index contributed by atoms with van der Waals surface area (Å²) in [6.07, 6.45) is -4.01.